The van der Waals surface area contributed by atoms with E-state index in [1.165, 1.54) is 44.2 Å². The van der Waals surface area contributed by atoms with E-state index in [2.05, 4.69) is 131 Å². The lowest BCUT2D eigenvalue weighted by molar-refractivity contribution is -0.590. The molecular weight excluding hydrogens is 675 g/mol. The zero-order chi connectivity index (χ0) is 36.7. The molecule has 0 aliphatic heterocycles. The highest BCUT2D eigenvalue weighted by Gasteiger charge is 2.38. The fourth-order valence-electron chi connectivity index (χ4n) is 8.68. The van der Waals surface area contributed by atoms with E-state index in [0.29, 0.717) is 5.82 Å². The maximum absolute atomic E-state index is 5.69. The first-order chi connectivity index (χ1) is 27.0. The normalized spacial score (nSPS) is 13.1. The quantitative estimate of drug-likeness (QED) is 0.167. The second kappa shape index (κ2) is 11.9. The third-order valence-corrected chi connectivity index (χ3v) is 11.3. The van der Waals surface area contributed by atoms with Crippen molar-refractivity contribution >= 4 is 32.9 Å². The Morgan fingerprint density at radius 3 is 2.18 bits per heavy atom. The molecule has 3 aromatic heterocycles. The Bertz CT molecular complexity index is 3120. The molecule has 6 heteroatoms. The molecule has 1 aliphatic carbocycles. The molecule has 11 rings (SSSR count). The Kier molecular flexibility index (Phi) is 6.79. The number of hydrogen-bond donors (Lipinski definition) is 0. The maximum Gasteiger partial charge on any atom is 0.307 e. The van der Waals surface area contributed by atoms with E-state index in [1.54, 1.807) is 6.39 Å². The van der Waals surface area contributed by atoms with Crippen molar-refractivity contribution < 1.29 is 8.98 Å². The van der Waals surface area contributed by atoms with E-state index in [9.17, 15) is 0 Å². The van der Waals surface area contributed by atoms with Gasteiger partial charge in [-0.1, -0.05) is 109 Å². The van der Waals surface area contributed by atoms with E-state index in [4.69, 9.17) is 14.4 Å². The van der Waals surface area contributed by atoms with Gasteiger partial charge in [-0.3, -0.25) is 0 Å². The molecule has 55 heavy (non-hydrogen) atoms. The molecule has 0 spiro atoms. The van der Waals surface area contributed by atoms with Crippen molar-refractivity contribution in [3.05, 3.63) is 182 Å². The second-order valence-electron chi connectivity index (χ2n) is 14.8. The molecule has 1 aliphatic rings. The van der Waals surface area contributed by atoms with Gasteiger partial charge < -0.3 is 8.98 Å². The van der Waals surface area contributed by atoms with Crippen LogP contribution in [0.15, 0.2) is 175 Å². The Morgan fingerprint density at radius 1 is 0.582 bits per heavy atom. The van der Waals surface area contributed by atoms with Crippen LogP contribution in [0.2, 0.25) is 0 Å². The summed E-state index contributed by atoms with van der Waals surface area (Å²) in [5, 5.41) is 2.41. The highest BCUT2D eigenvalue weighted by atomic mass is 16.3. The fraction of sp³-hybridized carbons (Fsp3) is 0.0612. The van der Waals surface area contributed by atoms with Crippen molar-refractivity contribution in [1.82, 2.24) is 19.5 Å². The number of para-hydroxylation sites is 1. The summed E-state index contributed by atoms with van der Waals surface area (Å²) in [5.41, 5.74) is 15.3. The highest BCUT2D eigenvalue weighted by Crippen LogP contribution is 2.52. The largest absolute Gasteiger partial charge is 0.443 e. The summed E-state index contributed by atoms with van der Waals surface area (Å²) in [7, 11) is 0. The molecule has 260 valence electrons. The van der Waals surface area contributed by atoms with Crippen LogP contribution in [-0.4, -0.2) is 19.5 Å². The first-order valence-electron chi connectivity index (χ1n) is 18.6. The summed E-state index contributed by atoms with van der Waals surface area (Å²) in [6, 6.07) is 55.8. The van der Waals surface area contributed by atoms with E-state index < -0.39 is 0 Å². The number of hydrogen-bond acceptors (Lipinski definition) is 4. The summed E-state index contributed by atoms with van der Waals surface area (Å²) >= 11 is 0. The molecule has 0 unspecified atom stereocenters. The Labute approximate surface area is 317 Å². The summed E-state index contributed by atoms with van der Waals surface area (Å²) in [6.45, 7) is 4.57. The molecule has 7 aromatic carbocycles. The zero-order valence-corrected chi connectivity index (χ0v) is 30.3. The van der Waals surface area contributed by atoms with Gasteiger partial charge in [0.15, 0.2) is 12.0 Å². The Morgan fingerprint density at radius 2 is 1.33 bits per heavy atom. The van der Waals surface area contributed by atoms with Gasteiger partial charge >= 0.3 is 5.82 Å². The molecule has 10 aromatic rings. The van der Waals surface area contributed by atoms with E-state index >= 15 is 0 Å². The smallest absolute Gasteiger partial charge is 0.307 e. The van der Waals surface area contributed by atoms with Crippen LogP contribution in [0.1, 0.15) is 25.0 Å². The zero-order valence-electron chi connectivity index (χ0n) is 30.3. The molecular formula is C49H34N5O+. The number of nitrogens with zero attached hydrogens (tertiary/aromatic N) is 5. The molecule has 6 nitrogen and oxygen atoms in total. The van der Waals surface area contributed by atoms with Crippen LogP contribution in [0.4, 0.5) is 0 Å². The highest BCUT2D eigenvalue weighted by molar-refractivity contribution is 6.10. The van der Waals surface area contributed by atoms with Crippen molar-refractivity contribution in [3.8, 4) is 56.4 Å². The Balaban J connectivity index is 1.04. The van der Waals surface area contributed by atoms with Gasteiger partial charge in [0.2, 0.25) is 6.33 Å². The third kappa shape index (κ3) is 4.81. The average Bonchev–Trinajstić information content (AvgIpc) is 3.92. The molecule has 0 saturated heterocycles. The van der Waals surface area contributed by atoms with Gasteiger partial charge in [0.1, 0.15) is 11.2 Å². The van der Waals surface area contributed by atoms with Gasteiger partial charge in [-0.15, -0.1) is 0 Å². The molecule has 0 N–H and O–H groups in total. The molecule has 3 heterocycles. The first-order valence-corrected chi connectivity index (χ1v) is 18.6. The van der Waals surface area contributed by atoms with Crippen LogP contribution in [0.5, 0.6) is 0 Å². The minimum absolute atomic E-state index is 0.179. The minimum atomic E-state index is -0.179. The van der Waals surface area contributed by atoms with Crippen molar-refractivity contribution in [3.63, 3.8) is 0 Å². The number of benzene rings is 7. The van der Waals surface area contributed by atoms with Crippen molar-refractivity contribution in [1.29, 1.82) is 0 Å². The van der Waals surface area contributed by atoms with Gasteiger partial charge in [-0.2, -0.15) is 4.57 Å². The lowest BCUT2D eigenvalue weighted by Crippen LogP contribution is -2.35. The Hall–Kier alpha value is -7.18. The van der Waals surface area contributed by atoms with Crippen molar-refractivity contribution in [2.24, 2.45) is 0 Å². The summed E-state index contributed by atoms with van der Waals surface area (Å²) < 4.78 is 10.1. The summed E-state index contributed by atoms with van der Waals surface area (Å²) in [4.78, 5) is 14.6. The first kappa shape index (κ1) is 31.4. The third-order valence-electron chi connectivity index (χ3n) is 11.3. The molecule has 0 radical (unpaired) electrons. The van der Waals surface area contributed by atoms with E-state index in [1.807, 2.05) is 60.9 Å². The van der Waals surface area contributed by atoms with Crippen LogP contribution in [0.25, 0.3) is 89.3 Å². The minimum Gasteiger partial charge on any atom is -0.443 e. The molecule has 0 atom stereocenters. The lowest BCUT2D eigenvalue weighted by atomic mass is 9.81. The maximum atomic E-state index is 5.69. The second-order valence-corrected chi connectivity index (χ2v) is 14.8. The van der Waals surface area contributed by atoms with Crippen LogP contribution >= 0.6 is 0 Å². The van der Waals surface area contributed by atoms with Crippen LogP contribution in [0.3, 0.4) is 0 Å². The average molecular weight is 709 g/mol. The number of oxazole rings is 1. The van der Waals surface area contributed by atoms with Gasteiger partial charge in [0.25, 0.3) is 5.82 Å². The van der Waals surface area contributed by atoms with Crippen molar-refractivity contribution in [2.45, 2.75) is 19.3 Å². The topological polar surface area (TPSA) is 60.6 Å². The fourth-order valence-corrected chi connectivity index (χ4v) is 8.68. The molecule has 0 fully saturated rings. The summed E-state index contributed by atoms with van der Waals surface area (Å²) in [5.74, 6) is 1.51. The standard InChI is InChI=1S/C49H34N5O/c1-49(2)41-23-20-33(26-39(41)38-22-25-44-46(45(38)49)51-30-55-44)34-21-24-43-40(27-34)37-18-9-10-19-42(37)54(43)36-17-11-16-35(28-36)53-29-50-47(31-12-5-3-6-13-31)52-48(53)32-14-7-4-8-15-32/h3-30H,1-2H3/q+1. The van der Waals surface area contributed by atoms with Gasteiger partial charge in [0.05, 0.1) is 22.2 Å². The van der Waals surface area contributed by atoms with Crippen molar-refractivity contribution in [2.75, 3.05) is 0 Å². The van der Waals surface area contributed by atoms with Gasteiger partial charge in [-0.25, -0.2) is 4.98 Å². The number of fused-ring (bicyclic) bond motifs is 8. The predicted molar refractivity (Wildman–Crippen MR) is 219 cm³/mol. The summed E-state index contributed by atoms with van der Waals surface area (Å²) in [6.07, 6.45) is 3.44. The molecule has 0 bridgehead atoms. The monoisotopic (exact) mass is 708 g/mol. The van der Waals surface area contributed by atoms with Crippen LogP contribution in [-0.2, 0) is 5.41 Å². The predicted octanol–water partition coefficient (Wildman–Crippen LogP) is 11.3. The lowest BCUT2D eigenvalue weighted by Gasteiger charge is -2.21. The van der Waals surface area contributed by atoms with Crippen LogP contribution in [0, 0.1) is 0 Å². The van der Waals surface area contributed by atoms with Gasteiger partial charge in [0, 0.05) is 27.9 Å². The van der Waals surface area contributed by atoms with Gasteiger partial charge in [-0.05, 0) is 100 Å². The van der Waals surface area contributed by atoms with Crippen LogP contribution < -0.4 is 4.57 Å². The number of aromatic nitrogens is 5. The van der Waals surface area contributed by atoms with E-state index in [0.717, 1.165) is 50.5 Å². The van der Waals surface area contributed by atoms with E-state index in [-0.39, 0.29) is 5.41 Å². The number of rotatable bonds is 5. The molecule has 0 saturated carbocycles. The SMILES string of the molecule is CC1(C)c2ccc(-c3ccc4c(c3)c3ccccc3n4-c3cccc(-[n+]4cnc(-c5ccccc5)nc4-c4ccccc4)c3)cc2-c2ccc3ocnc3c21. The molecule has 0 amide bonds.